The van der Waals surface area contributed by atoms with Gasteiger partial charge < -0.3 is 5.32 Å². The lowest BCUT2D eigenvalue weighted by Gasteiger charge is -1.99. The second-order valence-corrected chi connectivity index (χ2v) is 3.72. The van der Waals surface area contributed by atoms with Gasteiger partial charge >= 0.3 is 0 Å². The summed E-state index contributed by atoms with van der Waals surface area (Å²) in [4.78, 5) is 11.5. The van der Waals surface area contributed by atoms with E-state index in [1.807, 2.05) is 49.4 Å². The fraction of sp³-hybridized carbons (Fsp3) is 0.200. The normalized spacial score (nSPS) is 11.2. The third-order valence-corrected chi connectivity index (χ3v) is 2.25. The Bertz CT molecular complexity index is 481. The minimum Gasteiger partial charge on any atom is -0.351 e. The maximum Gasteiger partial charge on any atom is 0.261 e. The minimum absolute atomic E-state index is 0.121. The molecule has 0 bridgehead atoms. The highest BCUT2D eigenvalue weighted by atomic mass is 16.1. The predicted octanol–water partition coefficient (Wildman–Crippen LogP) is 2.68. The number of nitriles is 1. The lowest BCUT2D eigenvalue weighted by Crippen LogP contribution is -2.25. The highest BCUT2D eigenvalue weighted by Gasteiger charge is 2.05. The molecule has 18 heavy (non-hydrogen) atoms. The predicted molar refractivity (Wildman–Crippen MR) is 72.5 cm³/mol. The number of allylic oxidation sites excluding steroid dienone is 2. The van der Waals surface area contributed by atoms with Crippen molar-refractivity contribution in [3.8, 4) is 6.07 Å². The maximum absolute atomic E-state index is 11.5. The summed E-state index contributed by atoms with van der Waals surface area (Å²) in [5.41, 5.74) is 1.15. The summed E-state index contributed by atoms with van der Waals surface area (Å²) >= 11 is 0. The Morgan fingerprint density at radius 3 is 2.72 bits per heavy atom. The Kier molecular flexibility index (Phi) is 5.99. The third kappa shape index (κ3) is 4.67. The van der Waals surface area contributed by atoms with E-state index in [4.69, 9.17) is 5.26 Å². The number of rotatable bonds is 5. The van der Waals surface area contributed by atoms with Gasteiger partial charge in [0.25, 0.3) is 5.91 Å². The molecule has 0 heterocycles. The van der Waals surface area contributed by atoms with Gasteiger partial charge in [-0.25, -0.2) is 0 Å². The van der Waals surface area contributed by atoms with Gasteiger partial charge in [-0.3, -0.25) is 4.79 Å². The van der Waals surface area contributed by atoms with Crippen LogP contribution in [-0.2, 0) is 4.79 Å². The molecule has 1 aromatic carbocycles. The van der Waals surface area contributed by atoms with Crippen molar-refractivity contribution in [2.75, 3.05) is 6.54 Å². The molecule has 1 rings (SSSR count). The van der Waals surface area contributed by atoms with Crippen molar-refractivity contribution in [2.45, 2.75) is 13.3 Å². The quantitative estimate of drug-likeness (QED) is 0.488. The first-order valence-corrected chi connectivity index (χ1v) is 5.89. The Morgan fingerprint density at radius 2 is 2.11 bits per heavy atom. The number of carbonyl (C=O) groups excluding carboxylic acids is 1. The lowest BCUT2D eigenvalue weighted by molar-refractivity contribution is -0.117. The molecular weight excluding hydrogens is 224 g/mol. The summed E-state index contributed by atoms with van der Waals surface area (Å²) in [7, 11) is 0. The zero-order valence-electron chi connectivity index (χ0n) is 10.4. The van der Waals surface area contributed by atoms with Crippen LogP contribution in [0.2, 0.25) is 0 Å². The van der Waals surface area contributed by atoms with Gasteiger partial charge in [0, 0.05) is 6.54 Å². The molecule has 1 amide bonds. The molecule has 0 saturated carbocycles. The Labute approximate surface area is 107 Å². The molecule has 0 fully saturated rings. The summed E-state index contributed by atoms with van der Waals surface area (Å²) < 4.78 is 0. The van der Waals surface area contributed by atoms with Gasteiger partial charge in [-0.1, -0.05) is 49.4 Å². The minimum atomic E-state index is -0.322. The highest BCUT2D eigenvalue weighted by Crippen LogP contribution is 2.02. The Morgan fingerprint density at radius 1 is 1.39 bits per heavy atom. The van der Waals surface area contributed by atoms with Crippen LogP contribution in [0.25, 0.3) is 6.08 Å². The van der Waals surface area contributed by atoms with E-state index in [0.29, 0.717) is 6.54 Å². The van der Waals surface area contributed by atoms with Crippen LogP contribution in [0.3, 0.4) is 0 Å². The van der Waals surface area contributed by atoms with Crippen LogP contribution < -0.4 is 5.32 Å². The van der Waals surface area contributed by atoms with Crippen molar-refractivity contribution in [3.05, 3.63) is 53.6 Å². The number of amides is 1. The summed E-state index contributed by atoms with van der Waals surface area (Å²) in [6.07, 6.45) is 5.94. The number of hydrogen-bond acceptors (Lipinski definition) is 2. The van der Waals surface area contributed by atoms with E-state index in [9.17, 15) is 4.79 Å². The molecule has 1 aromatic rings. The van der Waals surface area contributed by atoms with Crippen LogP contribution in [0.1, 0.15) is 18.9 Å². The first-order valence-electron chi connectivity index (χ1n) is 5.89. The van der Waals surface area contributed by atoms with E-state index in [2.05, 4.69) is 5.32 Å². The van der Waals surface area contributed by atoms with Gasteiger partial charge in [0.1, 0.15) is 11.6 Å². The molecule has 0 aromatic heterocycles. The fourth-order valence-corrected chi connectivity index (χ4v) is 1.32. The number of nitrogens with one attached hydrogen (secondary N) is 1. The van der Waals surface area contributed by atoms with E-state index in [1.54, 1.807) is 6.08 Å². The van der Waals surface area contributed by atoms with E-state index in [-0.39, 0.29) is 11.5 Å². The molecule has 0 radical (unpaired) electrons. The molecule has 0 aliphatic rings. The average Bonchev–Trinajstić information content (AvgIpc) is 2.42. The molecule has 3 heteroatoms. The largest absolute Gasteiger partial charge is 0.351 e. The van der Waals surface area contributed by atoms with E-state index in [1.165, 1.54) is 6.08 Å². The van der Waals surface area contributed by atoms with Gasteiger partial charge in [0.2, 0.25) is 0 Å². The molecule has 0 atom stereocenters. The second-order valence-electron chi connectivity index (χ2n) is 3.72. The number of benzene rings is 1. The van der Waals surface area contributed by atoms with Crippen molar-refractivity contribution in [1.82, 2.24) is 5.32 Å². The lowest BCUT2D eigenvalue weighted by atomic mass is 10.2. The fourth-order valence-electron chi connectivity index (χ4n) is 1.32. The third-order valence-electron chi connectivity index (χ3n) is 2.25. The molecule has 0 aliphatic heterocycles. The SMILES string of the molecule is CCCNC(=O)/C(C#N)=C\C=C\c1ccccc1. The highest BCUT2D eigenvalue weighted by molar-refractivity contribution is 5.97. The van der Waals surface area contributed by atoms with Crippen LogP contribution in [0.15, 0.2) is 48.1 Å². The van der Waals surface area contributed by atoms with E-state index >= 15 is 0 Å². The summed E-state index contributed by atoms with van der Waals surface area (Å²) in [6, 6.07) is 11.6. The van der Waals surface area contributed by atoms with Crippen LogP contribution in [-0.4, -0.2) is 12.5 Å². The number of nitrogens with zero attached hydrogens (tertiary/aromatic N) is 1. The monoisotopic (exact) mass is 240 g/mol. The van der Waals surface area contributed by atoms with Crippen LogP contribution >= 0.6 is 0 Å². The van der Waals surface area contributed by atoms with Crippen molar-refractivity contribution >= 4 is 12.0 Å². The molecule has 0 saturated heterocycles. The van der Waals surface area contributed by atoms with Gasteiger partial charge in [-0.15, -0.1) is 0 Å². The van der Waals surface area contributed by atoms with Crippen molar-refractivity contribution in [2.24, 2.45) is 0 Å². The Balaban J connectivity index is 2.66. The van der Waals surface area contributed by atoms with Crippen LogP contribution in [0.4, 0.5) is 0 Å². The van der Waals surface area contributed by atoms with Crippen molar-refractivity contribution < 1.29 is 4.79 Å². The molecule has 92 valence electrons. The molecule has 1 N–H and O–H groups in total. The zero-order chi connectivity index (χ0) is 13.2. The molecule has 3 nitrogen and oxygen atoms in total. The number of carbonyl (C=O) groups is 1. The van der Waals surface area contributed by atoms with Crippen molar-refractivity contribution in [3.63, 3.8) is 0 Å². The average molecular weight is 240 g/mol. The molecular formula is C15H16N2O. The van der Waals surface area contributed by atoms with Gasteiger partial charge in [-0.05, 0) is 18.1 Å². The summed E-state index contributed by atoms with van der Waals surface area (Å²) in [5.74, 6) is -0.322. The molecule has 0 spiro atoms. The van der Waals surface area contributed by atoms with Gasteiger partial charge in [0.15, 0.2) is 0 Å². The van der Waals surface area contributed by atoms with Crippen LogP contribution in [0, 0.1) is 11.3 Å². The van der Waals surface area contributed by atoms with Crippen LogP contribution in [0.5, 0.6) is 0 Å². The van der Waals surface area contributed by atoms with E-state index < -0.39 is 0 Å². The Hall–Kier alpha value is -2.34. The first-order chi connectivity index (χ1) is 8.77. The smallest absolute Gasteiger partial charge is 0.261 e. The molecule has 0 unspecified atom stereocenters. The molecule has 0 aliphatic carbocycles. The van der Waals surface area contributed by atoms with Crippen molar-refractivity contribution in [1.29, 1.82) is 5.26 Å². The topological polar surface area (TPSA) is 52.9 Å². The summed E-state index contributed by atoms with van der Waals surface area (Å²) in [6.45, 7) is 2.55. The number of hydrogen-bond donors (Lipinski definition) is 1. The van der Waals surface area contributed by atoms with E-state index in [0.717, 1.165) is 12.0 Å². The standard InChI is InChI=1S/C15H16N2O/c1-2-11-17-15(18)14(12-16)10-6-9-13-7-4-3-5-8-13/h3-10H,2,11H2,1H3,(H,17,18)/b9-6+,14-10-. The van der Waals surface area contributed by atoms with Gasteiger partial charge in [0.05, 0.1) is 0 Å². The zero-order valence-corrected chi connectivity index (χ0v) is 10.4. The maximum atomic E-state index is 11.5. The van der Waals surface area contributed by atoms with Gasteiger partial charge in [-0.2, -0.15) is 5.26 Å². The first kappa shape index (κ1) is 13.7. The second kappa shape index (κ2) is 7.86. The summed E-state index contributed by atoms with van der Waals surface area (Å²) in [5, 5.41) is 11.5.